The van der Waals surface area contributed by atoms with Gasteiger partial charge in [-0.25, -0.2) is 0 Å². The molecule has 2 aromatic rings. The standard InChI is InChI=1S/C17H21N3O2/c1-22-11-12-3-2-6-20(10-12)16-9-19-8-14-5-4-13(17(18)21)7-15(14)16/h4-5,7-9,12H,2-3,6,10-11H2,1H3,(H2,18,21). The van der Waals surface area contributed by atoms with Crippen LogP contribution in [0.1, 0.15) is 23.2 Å². The summed E-state index contributed by atoms with van der Waals surface area (Å²) in [6.45, 7) is 2.73. The van der Waals surface area contributed by atoms with E-state index in [1.165, 1.54) is 6.42 Å². The maximum absolute atomic E-state index is 11.4. The molecule has 1 amide bonds. The van der Waals surface area contributed by atoms with Crippen LogP contribution in [0.4, 0.5) is 5.69 Å². The summed E-state index contributed by atoms with van der Waals surface area (Å²) in [6.07, 6.45) is 6.03. The molecule has 2 N–H and O–H groups in total. The van der Waals surface area contributed by atoms with E-state index >= 15 is 0 Å². The fourth-order valence-electron chi connectivity index (χ4n) is 3.21. The molecule has 5 heteroatoms. The Balaban J connectivity index is 1.98. The summed E-state index contributed by atoms with van der Waals surface area (Å²) in [4.78, 5) is 18.1. The highest BCUT2D eigenvalue weighted by Crippen LogP contribution is 2.30. The largest absolute Gasteiger partial charge is 0.384 e. The Hall–Kier alpha value is -2.14. The molecule has 0 bridgehead atoms. The van der Waals surface area contributed by atoms with Gasteiger partial charge in [-0.05, 0) is 30.9 Å². The van der Waals surface area contributed by atoms with Crippen molar-refractivity contribution in [2.24, 2.45) is 11.7 Å². The number of nitrogens with two attached hydrogens (primary N) is 1. The average molecular weight is 299 g/mol. The molecule has 1 aromatic heterocycles. The summed E-state index contributed by atoms with van der Waals surface area (Å²) >= 11 is 0. The number of benzene rings is 1. The molecule has 116 valence electrons. The van der Waals surface area contributed by atoms with Gasteiger partial charge in [-0.1, -0.05) is 6.07 Å². The third kappa shape index (κ3) is 2.90. The van der Waals surface area contributed by atoms with Gasteiger partial charge in [-0.2, -0.15) is 0 Å². The Kier molecular flexibility index (Phi) is 4.24. The first-order chi connectivity index (χ1) is 10.7. The van der Waals surface area contributed by atoms with E-state index in [2.05, 4.69) is 9.88 Å². The molecule has 1 aliphatic rings. The monoisotopic (exact) mass is 299 g/mol. The topological polar surface area (TPSA) is 68.4 Å². The molecule has 1 fully saturated rings. The van der Waals surface area contributed by atoms with Gasteiger partial charge in [0.2, 0.25) is 5.91 Å². The van der Waals surface area contributed by atoms with E-state index in [0.717, 1.165) is 42.6 Å². The SMILES string of the molecule is COCC1CCCN(c2cncc3ccc(C(N)=O)cc23)C1. The van der Waals surface area contributed by atoms with Gasteiger partial charge in [-0.15, -0.1) is 0 Å². The highest BCUT2D eigenvalue weighted by Gasteiger charge is 2.21. The molecule has 3 rings (SSSR count). The molecule has 2 heterocycles. The van der Waals surface area contributed by atoms with Crippen LogP contribution in [0, 0.1) is 5.92 Å². The minimum absolute atomic E-state index is 0.402. The van der Waals surface area contributed by atoms with E-state index in [1.54, 1.807) is 13.2 Å². The van der Waals surface area contributed by atoms with Gasteiger partial charge in [0.15, 0.2) is 0 Å². The first-order valence-corrected chi connectivity index (χ1v) is 7.60. The second-order valence-electron chi connectivity index (χ2n) is 5.87. The molecule has 1 atom stereocenters. The molecule has 1 aliphatic heterocycles. The van der Waals surface area contributed by atoms with E-state index in [4.69, 9.17) is 10.5 Å². The van der Waals surface area contributed by atoms with E-state index in [0.29, 0.717) is 11.5 Å². The van der Waals surface area contributed by atoms with E-state index in [9.17, 15) is 4.79 Å². The summed E-state index contributed by atoms with van der Waals surface area (Å²) in [7, 11) is 1.75. The number of hydrogen-bond acceptors (Lipinski definition) is 4. The van der Waals surface area contributed by atoms with Crippen LogP contribution in [0.3, 0.4) is 0 Å². The zero-order valence-corrected chi connectivity index (χ0v) is 12.8. The molecule has 0 radical (unpaired) electrons. The van der Waals surface area contributed by atoms with Gasteiger partial charge in [0.05, 0.1) is 18.5 Å². The van der Waals surface area contributed by atoms with Crippen LogP contribution in [-0.4, -0.2) is 37.7 Å². The quantitative estimate of drug-likeness (QED) is 0.939. The summed E-state index contributed by atoms with van der Waals surface area (Å²) in [5.41, 5.74) is 7.01. The van der Waals surface area contributed by atoms with Crippen LogP contribution in [0.15, 0.2) is 30.6 Å². The maximum atomic E-state index is 11.4. The van der Waals surface area contributed by atoms with Gasteiger partial charge >= 0.3 is 0 Å². The Labute approximate surface area is 130 Å². The van der Waals surface area contributed by atoms with Crippen LogP contribution >= 0.6 is 0 Å². The zero-order chi connectivity index (χ0) is 15.5. The molecular weight excluding hydrogens is 278 g/mol. The normalized spacial score (nSPS) is 18.6. The lowest BCUT2D eigenvalue weighted by Gasteiger charge is -2.34. The number of fused-ring (bicyclic) bond motifs is 1. The lowest BCUT2D eigenvalue weighted by atomic mass is 9.97. The van der Waals surface area contributed by atoms with Crippen molar-refractivity contribution in [3.63, 3.8) is 0 Å². The number of pyridine rings is 1. The Morgan fingerprint density at radius 2 is 2.32 bits per heavy atom. The van der Waals surface area contributed by atoms with Gasteiger partial charge in [0.25, 0.3) is 0 Å². The van der Waals surface area contributed by atoms with Crippen molar-refractivity contribution < 1.29 is 9.53 Å². The Morgan fingerprint density at radius 3 is 3.09 bits per heavy atom. The predicted octanol–water partition coefficient (Wildman–Crippen LogP) is 2.20. The number of rotatable bonds is 4. The third-order valence-electron chi connectivity index (χ3n) is 4.29. The van der Waals surface area contributed by atoms with Crippen LogP contribution < -0.4 is 10.6 Å². The highest BCUT2D eigenvalue weighted by atomic mass is 16.5. The number of carbonyl (C=O) groups is 1. The lowest BCUT2D eigenvalue weighted by molar-refractivity contribution is 0.100. The number of piperidine rings is 1. The van der Waals surface area contributed by atoms with Gasteiger partial charge < -0.3 is 15.4 Å². The van der Waals surface area contributed by atoms with E-state index in [1.807, 2.05) is 24.5 Å². The number of carbonyl (C=O) groups excluding carboxylic acids is 1. The fraction of sp³-hybridized carbons (Fsp3) is 0.412. The first-order valence-electron chi connectivity index (χ1n) is 7.60. The molecule has 0 saturated carbocycles. The number of ether oxygens (including phenoxy) is 1. The number of anilines is 1. The smallest absolute Gasteiger partial charge is 0.248 e. The van der Waals surface area contributed by atoms with Crippen molar-refractivity contribution in [1.82, 2.24) is 4.98 Å². The van der Waals surface area contributed by atoms with Crippen LogP contribution in [0.2, 0.25) is 0 Å². The Bertz CT molecular complexity index is 685. The number of primary amides is 1. The molecule has 1 saturated heterocycles. The van der Waals surface area contributed by atoms with Crippen LogP contribution in [0.5, 0.6) is 0 Å². The number of nitrogens with zero attached hydrogens (tertiary/aromatic N) is 2. The minimum atomic E-state index is -0.402. The maximum Gasteiger partial charge on any atom is 0.248 e. The van der Waals surface area contributed by atoms with Crippen molar-refractivity contribution in [2.45, 2.75) is 12.8 Å². The lowest BCUT2D eigenvalue weighted by Crippen LogP contribution is -2.37. The summed E-state index contributed by atoms with van der Waals surface area (Å²) in [6, 6.07) is 5.52. The van der Waals surface area contributed by atoms with Crippen LogP contribution in [0.25, 0.3) is 10.8 Å². The number of aromatic nitrogens is 1. The van der Waals surface area contributed by atoms with Crippen molar-refractivity contribution in [3.05, 3.63) is 36.2 Å². The molecule has 1 unspecified atom stereocenters. The van der Waals surface area contributed by atoms with Crippen molar-refractivity contribution in [1.29, 1.82) is 0 Å². The number of hydrogen-bond donors (Lipinski definition) is 1. The summed E-state index contributed by atoms with van der Waals surface area (Å²) in [5.74, 6) is 0.133. The van der Waals surface area contributed by atoms with E-state index in [-0.39, 0.29) is 0 Å². The molecule has 0 spiro atoms. The number of methoxy groups -OCH3 is 1. The Morgan fingerprint density at radius 1 is 1.45 bits per heavy atom. The summed E-state index contributed by atoms with van der Waals surface area (Å²) < 4.78 is 5.30. The van der Waals surface area contributed by atoms with Crippen molar-refractivity contribution in [3.8, 4) is 0 Å². The molecule has 1 aromatic carbocycles. The van der Waals surface area contributed by atoms with Crippen molar-refractivity contribution >= 4 is 22.4 Å². The molecule has 0 aliphatic carbocycles. The second-order valence-corrected chi connectivity index (χ2v) is 5.87. The zero-order valence-electron chi connectivity index (χ0n) is 12.8. The van der Waals surface area contributed by atoms with Crippen molar-refractivity contribution in [2.75, 3.05) is 31.7 Å². The highest BCUT2D eigenvalue weighted by molar-refractivity contribution is 6.01. The predicted molar refractivity (Wildman–Crippen MR) is 87.1 cm³/mol. The van der Waals surface area contributed by atoms with Gasteiger partial charge in [0, 0.05) is 42.7 Å². The van der Waals surface area contributed by atoms with Gasteiger partial charge in [-0.3, -0.25) is 9.78 Å². The molecule has 22 heavy (non-hydrogen) atoms. The fourth-order valence-corrected chi connectivity index (χ4v) is 3.21. The number of amides is 1. The molecule has 5 nitrogen and oxygen atoms in total. The van der Waals surface area contributed by atoms with Gasteiger partial charge in [0.1, 0.15) is 0 Å². The van der Waals surface area contributed by atoms with E-state index < -0.39 is 5.91 Å². The second kappa shape index (κ2) is 6.32. The average Bonchev–Trinajstić information content (AvgIpc) is 2.54. The minimum Gasteiger partial charge on any atom is -0.384 e. The summed E-state index contributed by atoms with van der Waals surface area (Å²) in [5, 5.41) is 2.06. The third-order valence-corrected chi connectivity index (χ3v) is 4.29. The first kappa shape index (κ1) is 14.8. The van der Waals surface area contributed by atoms with Crippen LogP contribution in [-0.2, 0) is 4.74 Å². The molecular formula is C17H21N3O2.